The Morgan fingerprint density at radius 3 is 3.06 bits per heavy atom. The van der Waals surface area contributed by atoms with Crippen LogP contribution in [0.4, 0.5) is 5.00 Å². The summed E-state index contributed by atoms with van der Waals surface area (Å²) in [5, 5.41) is 12.5. The molecule has 0 aliphatic rings. The minimum atomic E-state index is -0.983. The summed E-state index contributed by atoms with van der Waals surface area (Å²) in [5.74, 6) is -0.983. The van der Waals surface area contributed by atoms with Crippen LogP contribution < -0.4 is 5.32 Å². The molecular weight excluding hydrogens is 228 g/mol. The standard InChI is InChI=1S/C10H16N2O3S/c1-15-6-4-2-3-5-11-9-8(10(13)14)12-7-16-9/h7,11H,2-6H2,1H3,(H,13,14). The van der Waals surface area contributed by atoms with E-state index in [1.165, 1.54) is 16.8 Å². The number of carbonyl (C=O) groups is 1. The first-order valence-electron chi connectivity index (χ1n) is 5.15. The zero-order valence-corrected chi connectivity index (χ0v) is 10.0. The van der Waals surface area contributed by atoms with Crippen LogP contribution in [0.25, 0.3) is 0 Å². The summed E-state index contributed by atoms with van der Waals surface area (Å²) >= 11 is 1.32. The predicted molar refractivity (Wildman–Crippen MR) is 63.3 cm³/mol. The third-order valence-electron chi connectivity index (χ3n) is 2.08. The minimum Gasteiger partial charge on any atom is -0.476 e. The fourth-order valence-corrected chi connectivity index (χ4v) is 1.97. The van der Waals surface area contributed by atoms with Crippen molar-refractivity contribution in [1.82, 2.24) is 4.98 Å². The van der Waals surface area contributed by atoms with Crippen molar-refractivity contribution >= 4 is 22.3 Å². The summed E-state index contributed by atoms with van der Waals surface area (Å²) in [4.78, 5) is 14.5. The van der Waals surface area contributed by atoms with Gasteiger partial charge in [0.1, 0.15) is 5.00 Å². The maximum absolute atomic E-state index is 10.7. The van der Waals surface area contributed by atoms with Gasteiger partial charge in [0, 0.05) is 20.3 Å². The molecule has 16 heavy (non-hydrogen) atoms. The zero-order valence-electron chi connectivity index (χ0n) is 9.23. The van der Waals surface area contributed by atoms with Crippen molar-refractivity contribution < 1.29 is 14.6 Å². The maximum Gasteiger partial charge on any atom is 0.357 e. The van der Waals surface area contributed by atoms with E-state index in [0.29, 0.717) is 5.00 Å². The number of nitrogens with zero attached hydrogens (tertiary/aromatic N) is 1. The molecule has 0 aliphatic carbocycles. The third kappa shape index (κ3) is 4.16. The van der Waals surface area contributed by atoms with Gasteiger partial charge in [-0.25, -0.2) is 9.78 Å². The molecule has 0 aliphatic heterocycles. The van der Waals surface area contributed by atoms with Crippen LogP contribution >= 0.6 is 11.3 Å². The Hall–Kier alpha value is -1.14. The molecule has 90 valence electrons. The molecule has 5 nitrogen and oxygen atoms in total. The van der Waals surface area contributed by atoms with E-state index < -0.39 is 5.97 Å². The van der Waals surface area contributed by atoms with E-state index in [1.807, 2.05) is 0 Å². The molecule has 2 N–H and O–H groups in total. The number of ether oxygens (including phenoxy) is 1. The Labute approximate surface area is 98.5 Å². The predicted octanol–water partition coefficient (Wildman–Crippen LogP) is 2.07. The lowest BCUT2D eigenvalue weighted by atomic mass is 10.2. The summed E-state index contributed by atoms with van der Waals surface area (Å²) in [6.45, 7) is 1.55. The second kappa shape index (κ2) is 7.19. The van der Waals surface area contributed by atoms with Crippen molar-refractivity contribution in [1.29, 1.82) is 0 Å². The normalized spacial score (nSPS) is 10.3. The number of unbranched alkanes of at least 4 members (excludes halogenated alkanes) is 2. The fourth-order valence-electron chi connectivity index (χ4n) is 1.27. The lowest BCUT2D eigenvalue weighted by molar-refractivity contribution is 0.0692. The molecule has 6 heteroatoms. The Bertz CT molecular complexity index is 328. The van der Waals surface area contributed by atoms with Gasteiger partial charge in [-0.2, -0.15) is 0 Å². The lowest BCUT2D eigenvalue weighted by Gasteiger charge is -2.04. The molecule has 0 bridgehead atoms. The van der Waals surface area contributed by atoms with Gasteiger partial charge in [-0.05, 0) is 19.3 Å². The van der Waals surface area contributed by atoms with Crippen LogP contribution in [0.3, 0.4) is 0 Å². The SMILES string of the molecule is COCCCCCNc1scnc1C(=O)O. The Balaban J connectivity index is 2.21. The minimum absolute atomic E-state index is 0.113. The molecule has 1 aromatic heterocycles. The molecule has 0 spiro atoms. The monoisotopic (exact) mass is 244 g/mol. The van der Waals surface area contributed by atoms with Crippen LogP contribution in [-0.2, 0) is 4.74 Å². The number of thiazole rings is 1. The first kappa shape index (κ1) is 12.9. The van der Waals surface area contributed by atoms with Gasteiger partial charge in [0.15, 0.2) is 5.69 Å². The molecule has 1 heterocycles. The number of methoxy groups -OCH3 is 1. The molecule has 0 radical (unpaired) electrons. The number of anilines is 1. The Morgan fingerprint density at radius 2 is 2.38 bits per heavy atom. The number of carboxylic acid groups (broad SMARTS) is 1. The van der Waals surface area contributed by atoms with Crippen molar-refractivity contribution in [3.63, 3.8) is 0 Å². The molecule has 0 unspecified atom stereocenters. The van der Waals surface area contributed by atoms with Gasteiger partial charge in [0.05, 0.1) is 5.51 Å². The third-order valence-corrected chi connectivity index (χ3v) is 2.87. The summed E-state index contributed by atoms with van der Waals surface area (Å²) in [6.07, 6.45) is 3.11. The fraction of sp³-hybridized carbons (Fsp3) is 0.600. The van der Waals surface area contributed by atoms with E-state index >= 15 is 0 Å². The van der Waals surface area contributed by atoms with Crippen LogP contribution in [0.2, 0.25) is 0 Å². The van der Waals surface area contributed by atoms with E-state index in [1.54, 1.807) is 7.11 Å². The largest absolute Gasteiger partial charge is 0.476 e. The molecular formula is C10H16N2O3S. The molecule has 0 saturated carbocycles. The molecule has 0 atom stereocenters. The number of hydrogen-bond acceptors (Lipinski definition) is 5. The summed E-state index contributed by atoms with van der Waals surface area (Å²) < 4.78 is 4.94. The first-order valence-corrected chi connectivity index (χ1v) is 6.03. The molecule has 0 fully saturated rings. The molecule has 0 saturated heterocycles. The highest BCUT2D eigenvalue weighted by Gasteiger charge is 2.12. The van der Waals surface area contributed by atoms with Crippen LogP contribution in [0, 0.1) is 0 Å². The number of rotatable bonds is 8. The van der Waals surface area contributed by atoms with Crippen LogP contribution in [0.1, 0.15) is 29.8 Å². The second-order valence-electron chi connectivity index (χ2n) is 3.32. The molecule has 0 amide bonds. The molecule has 1 aromatic rings. The second-order valence-corrected chi connectivity index (χ2v) is 4.17. The van der Waals surface area contributed by atoms with E-state index in [0.717, 1.165) is 32.4 Å². The number of hydrogen-bond donors (Lipinski definition) is 2. The van der Waals surface area contributed by atoms with Crippen molar-refractivity contribution in [2.45, 2.75) is 19.3 Å². The number of aromatic carboxylic acids is 1. The van der Waals surface area contributed by atoms with Crippen molar-refractivity contribution in [2.24, 2.45) is 0 Å². The highest BCUT2D eigenvalue weighted by molar-refractivity contribution is 7.14. The molecule has 0 aromatic carbocycles. The Kier molecular flexibility index (Phi) is 5.81. The number of carboxylic acids is 1. The topological polar surface area (TPSA) is 71.5 Å². The summed E-state index contributed by atoms with van der Waals surface area (Å²) in [6, 6.07) is 0. The Morgan fingerprint density at radius 1 is 1.56 bits per heavy atom. The van der Waals surface area contributed by atoms with Crippen LogP contribution in [-0.4, -0.2) is 36.3 Å². The molecule has 1 rings (SSSR count). The number of nitrogens with one attached hydrogen (secondary N) is 1. The highest BCUT2D eigenvalue weighted by atomic mass is 32.1. The van der Waals surface area contributed by atoms with E-state index in [2.05, 4.69) is 10.3 Å². The van der Waals surface area contributed by atoms with Gasteiger partial charge in [-0.3, -0.25) is 0 Å². The lowest BCUT2D eigenvalue weighted by Crippen LogP contribution is -2.06. The van der Waals surface area contributed by atoms with Gasteiger partial charge >= 0.3 is 5.97 Å². The summed E-state index contributed by atoms with van der Waals surface area (Å²) in [5.41, 5.74) is 1.65. The van der Waals surface area contributed by atoms with Gasteiger partial charge in [0.2, 0.25) is 0 Å². The average molecular weight is 244 g/mol. The van der Waals surface area contributed by atoms with Crippen LogP contribution in [0.5, 0.6) is 0 Å². The van der Waals surface area contributed by atoms with Gasteiger partial charge in [-0.1, -0.05) is 0 Å². The quantitative estimate of drug-likeness (QED) is 0.685. The van der Waals surface area contributed by atoms with Crippen LogP contribution in [0.15, 0.2) is 5.51 Å². The van der Waals surface area contributed by atoms with Crippen molar-refractivity contribution in [3.05, 3.63) is 11.2 Å². The van der Waals surface area contributed by atoms with E-state index in [4.69, 9.17) is 9.84 Å². The first-order chi connectivity index (χ1) is 7.75. The van der Waals surface area contributed by atoms with Crippen molar-refractivity contribution in [3.8, 4) is 0 Å². The van der Waals surface area contributed by atoms with Crippen molar-refractivity contribution in [2.75, 3.05) is 25.6 Å². The summed E-state index contributed by atoms with van der Waals surface area (Å²) in [7, 11) is 1.69. The van der Waals surface area contributed by atoms with Gasteiger partial charge in [0.25, 0.3) is 0 Å². The van der Waals surface area contributed by atoms with E-state index in [9.17, 15) is 4.79 Å². The van der Waals surface area contributed by atoms with E-state index in [-0.39, 0.29) is 5.69 Å². The smallest absolute Gasteiger partial charge is 0.357 e. The van der Waals surface area contributed by atoms with Gasteiger partial charge in [-0.15, -0.1) is 11.3 Å². The number of aromatic nitrogens is 1. The average Bonchev–Trinajstić information content (AvgIpc) is 2.71. The van der Waals surface area contributed by atoms with Gasteiger partial charge < -0.3 is 15.2 Å². The highest BCUT2D eigenvalue weighted by Crippen LogP contribution is 2.19. The maximum atomic E-state index is 10.7. The zero-order chi connectivity index (χ0) is 11.8.